The van der Waals surface area contributed by atoms with E-state index in [1.165, 1.54) is 0 Å². The van der Waals surface area contributed by atoms with E-state index in [-0.39, 0.29) is 30.3 Å². The molecule has 1 aromatic heterocycles. The SMILES string of the molecule is CC[C@H](C)N(CC(=O)N1CCN(c2ccc(-c3ccccc3)nn2)CC1)C(=O)C1CC1. The van der Waals surface area contributed by atoms with E-state index in [4.69, 9.17) is 0 Å². The van der Waals surface area contributed by atoms with E-state index >= 15 is 0 Å². The Labute approximate surface area is 184 Å². The molecule has 1 aliphatic carbocycles. The third-order valence-electron chi connectivity index (χ3n) is 6.31. The third-order valence-corrected chi connectivity index (χ3v) is 6.31. The summed E-state index contributed by atoms with van der Waals surface area (Å²) < 4.78 is 0. The third kappa shape index (κ3) is 5.03. The molecule has 2 aliphatic rings. The molecule has 0 N–H and O–H groups in total. The summed E-state index contributed by atoms with van der Waals surface area (Å²) in [6.45, 7) is 6.97. The van der Waals surface area contributed by atoms with Crippen LogP contribution in [0, 0.1) is 5.92 Å². The summed E-state index contributed by atoms with van der Waals surface area (Å²) in [6, 6.07) is 14.1. The number of aromatic nitrogens is 2. The first-order valence-corrected chi connectivity index (χ1v) is 11.3. The monoisotopic (exact) mass is 421 g/mol. The Balaban J connectivity index is 1.32. The van der Waals surface area contributed by atoms with Crippen LogP contribution >= 0.6 is 0 Å². The Morgan fingerprint density at radius 1 is 1.03 bits per heavy atom. The predicted octanol–water partition coefficient (Wildman–Crippen LogP) is 2.83. The second-order valence-corrected chi connectivity index (χ2v) is 8.51. The van der Waals surface area contributed by atoms with Gasteiger partial charge in [-0.05, 0) is 38.3 Å². The van der Waals surface area contributed by atoms with Gasteiger partial charge < -0.3 is 14.7 Å². The van der Waals surface area contributed by atoms with Gasteiger partial charge in [-0.15, -0.1) is 10.2 Å². The minimum atomic E-state index is 0.0412. The standard InChI is InChI=1S/C24H31N5O2/c1-3-18(2)29(24(31)20-9-10-20)17-23(30)28-15-13-27(14-16-28)22-12-11-21(25-26-22)19-7-5-4-6-8-19/h4-8,11-12,18,20H,3,9-10,13-17H2,1-2H3/t18-/m0/s1. The molecule has 0 unspecified atom stereocenters. The fourth-order valence-electron chi connectivity index (χ4n) is 3.92. The fraction of sp³-hybridized carbons (Fsp3) is 0.500. The molecule has 1 aliphatic heterocycles. The molecule has 0 radical (unpaired) electrons. The summed E-state index contributed by atoms with van der Waals surface area (Å²) in [5.41, 5.74) is 1.90. The first-order valence-electron chi connectivity index (χ1n) is 11.3. The molecule has 2 amide bonds. The van der Waals surface area contributed by atoms with Crippen LogP contribution in [0.1, 0.15) is 33.1 Å². The largest absolute Gasteiger partial charge is 0.352 e. The molecule has 164 valence electrons. The molecule has 7 nitrogen and oxygen atoms in total. The minimum absolute atomic E-state index is 0.0412. The van der Waals surface area contributed by atoms with Gasteiger partial charge in [0.25, 0.3) is 0 Å². The molecular formula is C24H31N5O2. The maximum Gasteiger partial charge on any atom is 0.242 e. The lowest BCUT2D eigenvalue weighted by molar-refractivity contribution is -0.143. The molecule has 1 saturated carbocycles. The molecular weight excluding hydrogens is 390 g/mol. The average molecular weight is 422 g/mol. The van der Waals surface area contributed by atoms with Gasteiger partial charge in [-0.2, -0.15) is 0 Å². The average Bonchev–Trinajstić information content (AvgIpc) is 3.68. The van der Waals surface area contributed by atoms with Crippen LogP contribution in [0.25, 0.3) is 11.3 Å². The summed E-state index contributed by atoms with van der Waals surface area (Å²) in [4.78, 5) is 31.4. The maximum absolute atomic E-state index is 12.9. The zero-order valence-electron chi connectivity index (χ0n) is 18.4. The van der Waals surface area contributed by atoms with Crippen LogP contribution in [0.2, 0.25) is 0 Å². The molecule has 31 heavy (non-hydrogen) atoms. The Hall–Kier alpha value is -2.96. The van der Waals surface area contributed by atoms with Gasteiger partial charge in [0.15, 0.2) is 5.82 Å². The second kappa shape index (κ2) is 9.45. The van der Waals surface area contributed by atoms with E-state index in [2.05, 4.69) is 22.0 Å². The van der Waals surface area contributed by atoms with Gasteiger partial charge in [0.2, 0.25) is 11.8 Å². The lowest BCUT2D eigenvalue weighted by Crippen LogP contribution is -2.53. The zero-order chi connectivity index (χ0) is 21.8. The normalized spacial score (nSPS) is 17.4. The highest BCUT2D eigenvalue weighted by Gasteiger charge is 2.36. The second-order valence-electron chi connectivity index (χ2n) is 8.51. The fourth-order valence-corrected chi connectivity index (χ4v) is 3.92. The minimum Gasteiger partial charge on any atom is -0.352 e. The van der Waals surface area contributed by atoms with Crippen LogP contribution in [0.4, 0.5) is 5.82 Å². The van der Waals surface area contributed by atoms with Crippen molar-refractivity contribution in [3.63, 3.8) is 0 Å². The first kappa shape index (κ1) is 21.3. The van der Waals surface area contributed by atoms with Crippen molar-refractivity contribution in [2.45, 2.75) is 39.2 Å². The number of piperazine rings is 1. The quantitative estimate of drug-likeness (QED) is 0.688. The van der Waals surface area contributed by atoms with Crippen molar-refractivity contribution in [2.24, 2.45) is 5.92 Å². The van der Waals surface area contributed by atoms with Crippen molar-refractivity contribution in [3.05, 3.63) is 42.5 Å². The summed E-state index contributed by atoms with van der Waals surface area (Å²) in [5, 5.41) is 8.77. The van der Waals surface area contributed by atoms with Crippen LogP contribution in [-0.2, 0) is 9.59 Å². The lowest BCUT2D eigenvalue weighted by atomic mass is 10.1. The highest BCUT2D eigenvalue weighted by molar-refractivity contribution is 5.87. The topological polar surface area (TPSA) is 69.6 Å². The van der Waals surface area contributed by atoms with Crippen molar-refractivity contribution >= 4 is 17.6 Å². The van der Waals surface area contributed by atoms with Gasteiger partial charge in [-0.25, -0.2) is 0 Å². The highest BCUT2D eigenvalue weighted by atomic mass is 16.2. The smallest absolute Gasteiger partial charge is 0.242 e. The van der Waals surface area contributed by atoms with Crippen molar-refractivity contribution in [2.75, 3.05) is 37.6 Å². The molecule has 1 atom stereocenters. The molecule has 1 aromatic carbocycles. The number of anilines is 1. The van der Waals surface area contributed by atoms with Crippen molar-refractivity contribution in [3.8, 4) is 11.3 Å². The lowest BCUT2D eigenvalue weighted by Gasteiger charge is -2.37. The van der Waals surface area contributed by atoms with Crippen molar-refractivity contribution in [1.82, 2.24) is 20.0 Å². The van der Waals surface area contributed by atoms with E-state index in [1.54, 1.807) is 4.90 Å². The Kier molecular flexibility index (Phi) is 6.49. The van der Waals surface area contributed by atoms with Gasteiger partial charge in [0.05, 0.1) is 12.2 Å². The maximum atomic E-state index is 12.9. The van der Waals surface area contributed by atoms with Crippen LogP contribution in [0.3, 0.4) is 0 Å². The molecule has 1 saturated heterocycles. The van der Waals surface area contributed by atoms with Crippen molar-refractivity contribution in [1.29, 1.82) is 0 Å². The molecule has 2 fully saturated rings. The van der Waals surface area contributed by atoms with Crippen molar-refractivity contribution < 1.29 is 9.59 Å². The number of benzene rings is 1. The van der Waals surface area contributed by atoms with Gasteiger partial charge in [-0.3, -0.25) is 9.59 Å². The van der Waals surface area contributed by atoms with E-state index in [9.17, 15) is 9.59 Å². The molecule has 7 heteroatoms. The summed E-state index contributed by atoms with van der Waals surface area (Å²) in [7, 11) is 0. The van der Waals surface area contributed by atoms with E-state index in [1.807, 2.05) is 54.3 Å². The number of nitrogens with zero attached hydrogens (tertiary/aromatic N) is 5. The summed E-state index contributed by atoms with van der Waals surface area (Å²) in [6.07, 6.45) is 2.78. The predicted molar refractivity (Wildman–Crippen MR) is 120 cm³/mol. The van der Waals surface area contributed by atoms with Crippen LogP contribution in [-0.4, -0.2) is 70.6 Å². The Morgan fingerprint density at radius 3 is 2.32 bits per heavy atom. The number of hydrogen-bond donors (Lipinski definition) is 0. The highest BCUT2D eigenvalue weighted by Crippen LogP contribution is 2.32. The van der Waals surface area contributed by atoms with E-state index in [0.717, 1.165) is 36.3 Å². The van der Waals surface area contributed by atoms with E-state index in [0.29, 0.717) is 26.2 Å². The Morgan fingerprint density at radius 2 is 1.74 bits per heavy atom. The number of amides is 2. The summed E-state index contributed by atoms with van der Waals surface area (Å²) in [5.74, 6) is 1.16. The molecule has 0 spiro atoms. The number of carbonyl (C=O) groups is 2. The Bertz CT molecular complexity index is 890. The van der Waals surface area contributed by atoms with Crippen LogP contribution in [0.15, 0.2) is 42.5 Å². The van der Waals surface area contributed by atoms with Gasteiger partial charge in [-0.1, -0.05) is 37.3 Å². The number of rotatable bonds is 7. The first-order chi connectivity index (χ1) is 15.1. The molecule has 2 aromatic rings. The van der Waals surface area contributed by atoms with Gasteiger partial charge >= 0.3 is 0 Å². The van der Waals surface area contributed by atoms with Gasteiger partial charge in [0.1, 0.15) is 0 Å². The molecule has 4 rings (SSSR count). The van der Waals surface area contributed by atoms with Crippen LogP contribution < -0.4 is 4.90 Å². The van der Waals surface area contributed by atoms with Gasteiger partial charge in [0, 0.05) is 43.7 Å². The number of hydrogen-bond acceptors (Lipinski definition) is 5. The zero-order valence-corrected chi connectivity index (χ0v) is 18.4. The molecule has 2 heterocycles. The summed E-state index contributed by atoms with van der Waals surface area (Å²) >= 11 is 0. The van der Waals surface area contributed by atoms with Crippen LogP contribution in [0.5, 0.6) is 0 Å². The number of carbonyl (C=O) groups excluding carboxylic acids is 2. The molecule has 0 bridgehead atoms. The van der Waals surface area contributed by atoms with E-state index < -0.39 is 0 Å².